The monoisotopic (exact) mass is 309 g/mol. The highest BCUT2D eigenvalue weighted by Crippen LogP contribution is 2.30. The van der Waals surface area contributed by atoms with Crippen molar-refractivity contribution in [2.45, 2.75) is 18.9 Å². The van der Waals surface area contributed by atoms with Crippen LogP contribution in [-0.2, 0) is 4.79 Å². The van der Waals surface area contributed by atoms with Crippen LogP contribution in [0.4, 0.5) is 16.2 Å². The molecule has 1 fully saturated rings. The van der Waals surface area contributed by atoms with Crippen molar-refractivity contribution < 1.29 is 24.4 Å². The molecule has 1 unspecified atom stereocenters. The molecule has 2 N–H and O–H groups in total. The van der Waals surface area contributed by atoms with Crippen LogP contribution < -0.4 is 10.1 Å². The second-order valence-corrected chi connectivity index (χ2v) is 4.76. The van der Waals surface area contributed by atoms with Gasteiger partial charge in [-0.1, -0.05) is 0 Å². The van der Waals surface area contributed by atoms with Gasteiger partial charge in [-0.05, 0) is 25.0 Å². The summed E-state index contributed by atoms with van der Waals surface area (Å²) < 4.78 is 4.87. The molecule has 1 aromatic rings. The Bertz CT molecular complexity index is 618. The van der Waals surface area contributed by atoms with Gasteiger partial charge in [0.1, 0.15) is 6.04 Å². The smallest absolute Gasteiger partial charge is 0.326 e. The largest absolute Gasteiger partial charge is 0.490 e. The Balaban J connectivity index is 2.16. The van der Waals surface area contributed by atoms with Crippen LogP contribution in [0.1, 0.15) is 12.8 Å². The van der Waals surface area contributed by atoms with Crippen LogP contribution in [0.25, 0.3) is 0 Å². The molecule has 9 heteroatoms. The van der Waals surface area contributed by atoms with Crippen molar-refractivity contribution in [3.05, 3.63) is 28.3 Å². The maximum absolute atomic E-state index is 12.1. The number of nitro benzene ring substituents is 1. The molecule has 1 aliphatic rings. The van der Waals surface area contributed by atoms with E-state index in [4.69, 9.17) is 9.84 Å². The van der Waals surface area contributed by atoms with E-state index in [1.165, 1.54) is 30.2 Å². The third-order valence-corrected chi connectivity index (χ3v) is 3.43. The van der Waals surface area contributed by atoms with Gasteiger partial charge in [0.2, 0.25) is 0 Å². The van der Waals surface area contributed by atoms with Crippen LogP contribution >= 0.6 is 0 Å². The van der Waals surface area contributed by atoms with E-state index < -0.39 is 23.0 Å². The van der Waals surface area contributed by atoms with E-state index in [9.17, 15) is 19.7 Å². The average molecular weight is 309 g/mol. The number of rotatable bonds is 4. The van der Waals surface area contributed by atoms with Crippen molar-refractivity contribution in [3.8, 4) is 5.75 Å². The third-order valence-electron chi connectivity index (χ3n) is 3.43. The Hall–Kier alpha value is -2.84. The minimum absolute atomic E-state index is 0.0765. The highest BCUT2D eigenvalue weighted by atomic mass is 16.6. The summed E-state index contributed by atoms with van der Waals surface area (Å²) >= 11 is 0. The first-order valence-electron chi connectivity index (χ1n) is 6.57. The topological polar surface area (TPSA) is 122 Å². The molecule has 1 aromatic carbocycles. The SMILES string of the molecule is COc1ccc(NC(=O)N2CCCC2C(=O)O)cc1[N+](=O)[O-]. The van der Waals surface area contributed by atoms with Crippen LogP contribution in [0, 0.1) is 10.1 Å². The highest BCUT2D eigenvalue weighted by Gasteiger charge is 2.34. The summed E-state index contributed by atoms with van der Waals surface area (Å²) in [7, 11) is 1.31. The molecule has 1 atom stereocenters. The maximum atomic E-state index is 12.1. The van der Waals surface area contributed by atoms with Crippen LogP contribution in [0.5, 0.6) is 5.75 Å². The zero-order valence-corrected chi connectivity index (χ0v) is 11.8. The number of carbonyl (C=O) groups excluding carboxylic acids is 1. The van der Waals surface area contributed by atoms with Crippen molar-refractivity contribution in [2.75, 3.05) is 19.0 Å². The Morgan fingerprint density at radius 2 is 2.23 bits per heavy atom. The number of methoxy groups -OCH3 is 1. The molecule has 0 bridgehead atoms. The van der Waals surface area contributed by atoms with E-state index in [1.54, 1.807) is 0 Å². The van der Waals surface area contributed by atoms with Gasteiger partial charge in [0.25, 0.3) is 0 Å². The van der Waals surface area contributed by atoms with E-state index in [0.717, 1.165) is 0 Å². The molecule has 1 heterocycles. The van der Waals surface area contributed by atoms with Crippen LogP contribution in [0.3, 0.4) is 0 Å². The number of likely N-dealkylation sites (tertiary alicyclic amines) is 1. The number of hydrogen-bond donors (Lipinski definition) is 2. The number of benzene rings is 1. The van der Waals surface area contributed by atoms with Crippen molar-refractivity contribution >= 4 is 23.4 Å². The molecule has 1 saturated heterocycles. The van der Waals surface area contributed by atoms with Gasteiger partial charge in [-0.3, -0.25) is 10.1 Å². The number of carbonyl (C=O) groups is 2. The number of aliphatic carboxylic acids is 1. The molecule has 0 saturated carbocycles. The van der Waals surface area contributed by atoms with Crippen LogP contribution in [-0.4, -0.2) is 46.6 Å². The van der Waals surface area contributed by atoms with Gasteiger partial charge in [0.05, 0.1) is 12.0 Å². The summed E-state index contributed by atoms with van der Waals surface area (Å²) in [4.78, 5) is 34.7. The predicted octanol–water partition coefficient (Wildman–Crippen LogP) is 1.68. The molecule has 2 rings (SSSR count). The number of nitrogens with one attached hydrogen (secondary N) is 1. The van der Waals surface area contributed by atoms with Gasteiger partial charge in [0, 0.05) is 18.3 Å². The first kappa shape index (κ1) is 15.5. The number of amides is 2. The summed E-state index contributed by atoms with van der Waals surface area (Å²) in [5.74, 6) is -0.985. The number of hydrogen-bond acceptors (Lipinski definition) is 5. The predicted molar refractivity (Wildman–Crippen MR) is 76.0 cm³/mol. The molecular formula is C13H15N3O6. The lowest BCUT2D eigenvalue weighted by Gasteiger charge is -2.21. The molecule has 0 aliphatic carbocycles. The fraction of sp³-hybridized carbons (Fsp3) is 0.385. The number of nitrogens with zero attached hydrogens (tertiary/aromatic N) is 2. The number of urea groups is 1. The van der Waals surface area contributed by atoms with Crippen molar-refractivity contribution in [3.63, 3.8) is 0 Å². The van der Waals surface area contributed by atoms with Crippen molar-refractivity contribution in [2.24, 2.45) is 0 Å². The molecule has 9 nitrogen and oxygen atoms in total. The molecule has 0 radical (unpaired) electrons. The maximum Gasteiger partial charge on any atom is 0.326 e. The standard InChI is InChI=1S/C13H15N3O6/c1-22-11-5-4-8(7-10(11)16(20)21)14-13(19)15-6-2-3-9(15)12(17)18/h4-5,7,9H,2-3,6H2,1H3,(H,14,19)(H,17,18). The van der Waals surface area contributed by atoms with E-state index in [0.29, 0.717) is 19.4 Å². The molecule has 1 aliphatic heterocycles. The van der Waals surface area contributed by atoms with E-state index in [-0.39, 0.29) is 17.1 Å². The Morgan fingerprint density at radius 1 is 1.50 bits per heavy atom. The lowest BCUT2D eigenvalue weighted by molar-refractivity contribution is -0.385. The minimum Gasteiger partial charge on any atom is -0.490 e. The summed E-state index contributed by atoms with van der Waals surface area (Å²) in [6, 6.07) is 2.53. The van der Waals surface area contributed by atoms with Crippen LogP contribution in [0.15, 0.2) is 18.2 Å². The lowest BCUT2D eigenvalue weighted by atomic mass is 10.2. The van der Waals surface area contributed by atoms with Gasteiger partial charge >= 0.3 is 17.7 Å². The first-order valence-corrected chi connectivity index (χ1v) is 6.57. The Labute approximate surface area is 125 Å². The highest BCUT2D eigenvalue weighted by molar-refractivity contribution is 5.93. The Morgan fingerprint density at radius 3 is 2.82 bits per heavy atom. The van der Waals surface area contributed by atoms with Gasteiger partial charge in [-0.2, -0.15) is 0 Å². The third kappa shape index (κ3) is 3.08. The van der Waals surface area contributed by atoms with Gasteiger partial charge in [-0.25, -0.2) is 9.59 Å². The molecule has 22 heavy (non-hydrogen) atoms. The second kappa shape index (κ2) is 6.29. The van der Waals surface area contributed by atoms with E-state index in [2.05, 4.69) is 5.32 Å². The normalized spacial score (nSPS) is 17.1. The molecule has 0 aromatic heterocycles. The zero-order chi connectivity index (χ0) is 16.3. The van der Waals surface area contributed by atoms with Crippen LogP contribution in [0.2, 0.25) is 0 Å². The van der Waals surface area contributed by atoms with Gasteiger partial charge in [0.15, 0.2) is 5.75 Å². The number of nitro groups is 1. The Kier molecular flexibility index (Phi) is 4.44. The number of carboxylic acid groups (broad SMARTS) is 1. The lowest BCUT2D eigenvalue weighted by Crippen LogP contribution is -2.42. The summed E-state index contributed by atoms with van der Waals surface area (Å²) in [6.07, 6.45) is 0.999. The van der Waals surface area contributed by atoms with Crippen molar-refractivity contribution in [1.82, 2.24) is 4.90 Å². The zero-order valence-electron chi connectivity index (χ0n) is 11.8. The van der Waals surface area contributed by atoms with Gasteiger partial charge < -0.3 is 20.1 Å². The molecule has 2 amide bonds. The first-order chi connectivity index (χ1) is 10.4. The van der Waals surface area contributed by atoms with E-state index in [1.807, 2.05) is 0 Å². The number of ether oxygens (including phenoxy) is 1. The average Bonchev–Trinajstić information content (AvgIpc) is 2.96. The van der Waals surface area contributed by atoms with Crippen molar-refractivity contribution in [1.29, 1.82) is 0 Å². The summed E-state index contributed by atoms with van der Waals surface area (Å²) in [5, 5.41) is 22.5. The fourth-order valence-corrected chi connectivity index (χ4v) is 2.37. The molecule has 118 valence electrons. The summed E-state index contributed by atoms with van der Waals surface area (Å²) in [6.45, 7) is 0.334. The second-order valence-electron chi connectivity index (χ2n) is 4.76. The quantitative estimate of drug-likeness (QED) is 0.644. The van der Waals surface area contributed by atoms with E-state index >= 15 is 0 Å². The number of anilines is 1. The fourth-order valence-electron chi connectivity index (χ4n) is 2.37. The minimum atomic E-state index is -1.06. The molecular weight excluding hydrogens is 294 g/mol. The molecule has 0 spiro atoms. The number of carboxylic acids is 1. The van der Waals surface area contributed by atoms with Gasteiger partial charge in [-0.15, -0.1) is 0 Å². The summed E-state index contributed by atoms with van der Waals surface area (Å²) in [5.41, 5.74) is -0.0787.